The molecule has 1 aliphatic carbocycles. The first-order valence-corrected chi connectivity index (χ1v) is 7.26. The van der Waals surface area contributed by atoms with E-state index in [0.29, 0.717) is 12.6 Å². The van der Waals surface area contributed by atoms with Gasteiger partial charge in [0.15, 0.2) is 11.5 Å². The maximum Gasteiger partial charge on any atom is 0.165 e. The number of benzene rings is 1. The number of hydrogen-bond acceptors (Lipinski definition) is 4. The zero-order valence-electron chi connectivity index (χ0n) is 12.9. The van der Waals surface area contributed by atoms with Gasteiger partial charge in [-0.1, -0.05) is 12.1 Å². The summed E-state index contributed by atoms with van der Waals surface area (Å²) in [4.78, 5) is 2.37. The molecule has 2 atom stereocenters. The minimum absolute atomic E-state index is 0.149. The highest BCUT2D eigenvalue weighted by molar-refractivity contribution is 5.48. The number of ether oxygens (including phenoxy) is 2. The van der Waals surface area contributed by atoms with E-state index in [4.69, 9.17) is 15.2 Å². The van der Waals surface area contributed by atoms with Crippen LogP contribution in [0.4, 0.5) is 0 Å². The summed E-state index contributed by atoms with van der Waals surface area (Å²) in [6, 6.07) is 6.68. The molecule has 112 valence electrons. The molecule has 2 N–H and O–H groups in total. The van der Waals surface area contributed by atoms with E-state index in [0.717, 1.165) is 23.0 Å². The third kappa shape index (κ3) is 2.91. The van der Waals surface area contributed by atoms with Crippen molar-refractivity contribution in [3.05, 3.63) is 23.8 Å². The molecule has 0 spiro atoms. The monoisotopic (exact) mass is 278 g/mol. The Morgan fingerprint density at radius 3 is 2.50 bits per heavy atom. The molecule has 0 heterocycles. The van der Waals surface area contributed by atoms with Gasteiger partial charge < -0.3 is 15.2 Å². The van der Waals surface area contributed by atoms with Crippen molar-refractivity contribution < 1.29 is 9.47 Å². The number of rotatable bonds is 7. The third-order valence-corrected chi connectivity index (χ3v) is 4.45. The molecule has 0 saturated heterocycles. The van der Waals surface area contributed by atoms with Crippen LogP contribution in [0.1, 0.15) is 31.4 Å². The van der Waals surface area contributed by atoms with Gasteiger partial charge >= 0.3 is 0 Å². The Kier molecular flexibility index (Phi) is 4.89. The van der Waals surface area contributed by atoms with Crippen LogP contribution < -0.4 is 15.2 Å². The van der Waals surface area contributed by atoms with Crippen LogP contribution in [0.25, 0.3) is 0 Å². The zero-order chi connectivity index (χ0) is 14.7. The number of nitrogens with zero attached hydrogens (tertiary/aromatic N) is 1. The third-order valence-electron chi connectivity index (χ3n) is 4.45. The van der Waals surface area contributed by atoms with Crippen molar-refractivity contribution in [2.45, 2.75) is 31.8 Å². The largest absolute Gasteiger partial charge is 0.493 e. The molecule has 0 amide bonds. The maximum absolute atomic E-state index is 6.04. The minimum atomic E-state index is 0.149. The number of para-hydroxylation sites is 1. The van der Waals surface area contributed by atoms with Crippen molar-refractivity contribution >= 4 is 0 Å². The second-order valence-electron chi connectivity index (χ2n) is 5.58. The highest BCUT2D eigenvalue weighted by Gasteiger charge is 2.34. The van der Waals surface area contributed by atoms with E-state index in [1.807, 2.05) is 12.1 Å². The first kappa shape index (κ1) is 15.1. The van der Waals surface area contributed by atoms with Crippen molar-refractivity contribution in [2.75, 3.05) is 27.8 Å². The highest BCUT2D eigenvalue weighted by Crippen LogP contribution is 2.40. The molecule has 1 saturated carbocycles. The number of hydrogen-bond donors (Lipinski definition) is 1. The summed E-state index contributed by atoms with van der Waals surface area (Å²) in [5.41, 5.74) is 7.14. The molecule has 1 aromatic rings. The van der Waals surface area contributed by atoms with Gasteiger partial charge in [-0.2, -0.15) is 0 Å². The molecular weight excluding hydrogens is 252 g/mol. The van der Waals surface area contributed by atoms with Gasteiger partial charge in [-0.3, -0.25) is 4.90 Å². The van der Waals surface area contributed by atoms with E-state index in [-0.39, 0.29) is 6.04 Å². The van der Waals surface area contributed by atoms with Crippen LogP contribution in [0.2, 0.25) is 0 Å². The molecular formula is C16H26N2O2. The van der Waals surface area contributed by atoms with Crippen molar-refractivity contribution in [3.63, 3.8) is 0 Å². The van der Waals surface area contributed by atoms with Gasteiger partial charge in [0.05, 0.1) is 20.3 Å². The Bertz CT molecular complexity index is 446. The Morgan fingerprint density at radius 1 is 1.30 bits per heavy atom. The van der Waals surface area contributed by atoms with E-state index >= 15 is 0 Å². The summed E-state index contributed by atoms with van der Waals surface area (Å²) in [7, 11) is 5.49. The van der Waals surface area contributed by atoms with Gasteiger partial charge in [0.25, 0.3) is 0 Å². The molecule has 0 radical (unpaired) electrons. The van der Waals surface area contributed by atoms with Crippen LogP contribution in [0.5, 0.6) is 11.5 Å². The van der Waals surface area contributed by atoms with E-state index in [2.05, 4.69) is 24.9 Å². The second kappa shape index (κ2) is 6.46. The quantitative estimate of drug-likeness (QED) is 0.832. The Hall–Kier alpha value is -1.26. The fraction of sp³-hybridized carbons (Fsp3) is 0.625. The van der Waals surface area contributed by atoms with Gasteiger partial charge in [0.2, 0.25) is 0 Å². The summed E-state index contributed by atoms with van der Waals surface area (Å²) in [6.07, 6.45) is 2.66. The summed E-state index contributed by atoms with van der Waals surface area (Å²) < 4.78 is 10.9. The van der Waals surface area contributed by atoms with Crippen molar-refractivity contribution in [2.24, 2.45) is 11.7 Å². The molecule has 1 aromatic carbocycles. The Labute approximate surface area is 121 Å². The van der Waals surface area contributed by atoms with Crippen LogP contribution in [0.15, 0.2) is 18.2 Å². The van der Waals surface area contributed by atoms with Gasteiger partial charge in [-0.25, -0.2) is 0 Å². The van der Waals surface area contributed by atoms with Gasteiger partial charge in [-0.05, 0) is 38.8 Å². The number of methoxy groups -OCH3 is 2. The highest BCUT2D eigenvalue weighted by atomic mass is 16.5. The first-order chi connectivity index (χ1) is 9.63. The standard InChI is InChI=1S/C16H26N2O2/c1-11(12-8-9-12)18(2)14(10-17)13-6-5-7-15(19-3)16(13)20-4/h5-7,11-12,14H,8-10,17H2,1-4H3. The first-order valence-electron chi connectivity index (χ1n) is 7.26. The molecule has 0 bridgehead atoms. The molecule has 2 unspecified atom stereocenters. The lowest BCUT2D eigenvalue weighted by atomic mass is 10.0. The molecule has 0 aromatic heterocycles. The van der Waals surface area contributed by atoms with Gasteiger partial charge in [-0.15, -0.1) is 0 Å². The molecule has 4 heteroatoms. The number of nitrogens with two attached hydrogens (primary N) is 1. The van der Waals surface area contributed by atoms with Crippen LogP contribution in [-0.2, 0) is 0 Å². The number of likely N-dealkylation sites (N-methyl/N-ethyl adjacent to an activating group) is 1. The fourth-order valence-electron chi connectivity index (χ4n) is 2.88. The SMILES string of the molecule is COc1cccc(C(CN)N(C)C(C)C2CC2)c1OC. The van der Waals surface area contributed by atoms with E-state index in [1.165, 1.54) is 12.8 Å². The minimum Gasteiger partial charge on any atom is -0.493 e. The molecule has 20 heavy (non-hydrogen) atoms. The lowest BCUT2D eigenvalue weighted by molar-refractivity contribution is 0.168. The smallest absolute Gasteiger partial charge is 0.165 e. The van der Waals surface area contributed by atoms with Crippen molar-refractivity contribution in [3.8, 4) is 11.5 Å². The lowest BCUT2D eigenvalue weighted by Crippen LogP contribution is -2.38. The van der Waals surface area contributed by atoms with Crippen LogP contribution in [-0.4, -0.2) is 38.8 Å². The zero-order valence-corrected chi connectivity index (χ0v) is 12.9. The lowest BCUT2D eigenvalue weighted by Gasteiger charge is -2.33. The molecule has 0 aliphatic heterocycles. The van der Waals surface area contributed by atoms with Crippen LogP contribution in [0.3, 0.4) is 0 Å². The van der Waals surface area contributed by atoms with Crippen molar-refractivity contribution in [1.29, 1.82) is 0 Å². The van der Waals surface area contributed by atoms with Crippen molar-refractivity contribution in [1.82, 2.24) is 4.90 Å². The summed E-state index contributed by atoms with van der Waals surface area (Å²) in [6.45, 7) is 2.85. The second-order valence-corrected chi connectivity index (χ2v) is 5.58. The van der Waals surface area contributed by atoms with Gasteiger partial charge in [0.1, 0.15) is 0 Å². The molecule has 2 rings (SSSR count). The van der Waals surface area contributed by atoms with E-state index < -0.39 is 0 Å². The Morgan fingerprint density at radius 2 is 2.00 bits per heavy atom. The topological polar surface area (TPSA) is 47.7 Å². The van der Waals surface area contributed by atoms with Crippen LogP contribution in [0, 0.1) is 5.92 Å². The normalized spacial score (nSPS) is 17.9. The summed E-state index contributed by atoms with van der Waals surface area (Å²) in [5.74, 6) is 2.36. The van der Waals surface area contributed by atoms with E-state index in [1.54, 1.807) is 14.2 Å². The fourth-order valence-corrected chi connectivity index (χ4v) is 2.88. The average molecular weight is 278 g/mol. The Balaban J connectivity index is 2.30. The van der Waals surface area contributed by atoms with E-state index in [9.17, 15) is 0 Å². The summed E-state index contributed by atoms with van der Waals surface area (Å²) >= 11 is 0. The predicted molar refractivity (Wildman–Crippen MR) is 81.3 cm³/mol. The maximum atomic E-state index is 6.04. The van der Waals surface area contributed by atoms with Crippen LogP contribution >= 0.6 is 0 Å². The molecule has 1 aliphatic rings. The van der Waals surface area contributed by atoms with Gasteiger partial charge in [0, 0.05) is 18.2 Å². The predicted octanol–water partition coefficient (Wildman–Crippen LogP) is 2.43. The molecule has 1 fully saturated rings. The summed E-state index contributed by atoms with van der Waals surface area (Å²) in [5, 5.41) is 0. The average Bonchev–Trinajstić information content (AvgIpc) is 3.31. The molecule has 4 nitrogen and oxygen atoms in total.